The van der Waals surface area contributed by atoms with Gasteiger partial charge in [0.15, 0.2) is 0 Å². The van der Waals surface area contributed by atoms with Crippen molar-refractivity contribution in [3.8, 4) is 0 Å². The van der Waals surface area contributed by atoms with Gasteiger partial charge < -0.3 is 15.0 Å². The van der Waals surface area contributed by atoms with Crippen molar-refractivity contribution < 1.29 is 9.53 Å². The largest absolute Gasteiger partial charge is 0.378 e. The van der Waals surface area contributed by atoms with E-state index in [0.717, 1.165) is 36.8 Å². The van der Waals surface area contributed by atoms with Crippen LogP contribution in [0.3, 0.4) is 0 Å². The van der Waals surface area contributed by atoms with E-state index in [-0.39, 0.29) is 24.4 Å². The van der Waals surface area contributed by atoms with Gasteiger partial charge in [-0.2, -0.15) is 0 Å². The van der Waals surface area contributed by atoms with Crippen molar-refractivity contribution in [2.24, 2.45) is 23.7 Å². The number of halogens is 1. The number of carbonyl (C=O) groups excluding carboxylic acids is 1. The highest BCUT2D eigenvalue weighted by Crippen LogP contribution is 2.54. The van der Waals surface area contributed by atoms with Crippen LogP contribution in [0.2, 0.25) is 0 Å². The Hall–Kier alpha value is -0.320. The number of amides is 1. The molecule has 5 rings (SSSR count). The van der Waals surface area contributed by atoms with Crippen LogP contribution in [-0.2, 0) is 9.53 Å². The summed E-state index contributed by atoms with van der Waals surface area (Å²) in [6.07, 6.45) is 6.93. The van der Waals surface area contributed by atoms with Crippen LogP contribution in [-0.4, -0.2) is 49.7 Å². The van der Waals surface area contributed by atoms with E-state index in [1.165, 1.54) is 32.1 Å². The lowest BCUT2D eigenvalue weighted by Crippen LogP contribution is -2.60. The lowest BCUT2D eigenvalue weighted by Gasteiger charge is -2.56. The molecule has 0 aromatic rings. The minimum atomic E-state index is -0.120. The van der Waals surface area contributed by atoms with Crippen LogP contribution in [0.5, 0.6) is 0 Å². The first-order valence-electron chi connectivity index (χ1n) is 8.30. The second-order valence-electron chi connectivity index (χ2n) is 7.45. The van der Waals surface area contributed by atoms with Gasteiger partial charge in [0.2, 0.25) is 5.91 Å². The molecule has 4 nitrogen and oxygen atoms in total. The number of morpholine rings is 1. The first kappa shape index (κ1) is 15.6. The van der Waals surface area contributed by atoms with Crippen LogP contribution < -0.4 is 5.32 Å². The summed E-state index contributed by atoms with van der Waals surface area (Å²) in [6, 6.07) is 0.380. The molecule has 1 atom stereocenters. The van der Waals surface area contributed by atoms with Gasteiger partial charge in [-0.15, -0.1) is 12.4 Å². The average Bonchev–Trinajstić information content (AvgIpc) is 2.46. The van der Waals surface area contributed by atoms with Crippen LogP contribution >= 0.6 is 12.4 Å². The van der Waals surface area contributed by atoms with Gasteiger partial charge in [-0.3, -0.25) is 4.79 Å². The summed E-state index contributed by atoms with van der Waals surface area (Å²) in [7, 11) is 2.03. The number of nitrogens with one attached hydrogen (secondary N) is 1. The van der Waals surface area contributed by atoms with Gasteiger partial charge in [0.25, 0.3) is 0 Å². The second kappa shape index (κ2) is 6.05. The first-order chi connectivity index (χ1) is 9.72. The van der Waals surface area contributed by atoms with Gasteiger partial charge in [0.05, 0.1) is 13.2 Å². The number of likely N-dealkylation sites (N-methyl/N-ethyl adjacent to an activating group) is 1. The van der Waals surface area contributed by atoms with E-state index in [4.69, 9.17) is 4.74 Å². The second-order valence-corrected chi connectivity index (χ2v) is 7.45. The van der Waals surface area contributed by atoms with Gasteiger partial charge in [0, 0.05) is 19.6 Å². The van der Waals surface area contributed by atoms with Gasteiger partial charge in [-0.25, -0.2) is 0 Å². The van der Waals surface area contributed by atoms with E-state index in [1.54, 1.807) is 0 Å². The van der Waals surface area contributed by atoms with Crippen molar-refractivity contribution in [1.82, 2.24) is 10.2 Å². The fourth-order valence-corrected chi connectivity index (χ4v) is 5.65. The van der Waals surface area contributed by atoms with Crippen molar-refractivity contribution in [1.29, 1.82) is 0 Å². The maximum atomic E-state index is 12.7. The number of hydrogen-bond acceptors (Lipinski definition) is 3. The molecule has 4 saturated carbocycles. The lowest BCUT2D eigenvalue weighted by molar-refractivity contribution is -0.146. The van der Waals surface area contributed by atoms with Crippen molar-refractivity contribution in [2.75, 3.05) is 26.8 Å². The number of nitrogens with zero attached hydrogens (tertiary/aromatic N) is 1. The Kier molecular flexibility index (Phi) is 4.49. The average molecular weight is 315 g/mol. The quantitative estimate of drug-likeness (QED) is 0.843. The Morgan fingerprint density at radius 3 is 2.24 bits per heavy atom. The lowest BCUT2D eigenvalue weighted by atomic mass is 9.54. The zero-order chi connectivity index (χ0) is 13.7. The summed E-state index contributed by atoms with van der Waals surface area (Å²) >= 11 is 0. The van der Waals surface area contributed by atoms with Crippen LogP contribution in [0.25, 0.3) is 0 Å². The molecule has 1 heterocycles. The number of hydrogen-bond donors (Lipinski definition) is 1. The fourth-order valence-electron chi connectivity index (χ4n) is 5.65. The van der Waals surface area contributed by atoms with Gasteiger partial charge in [-0.05, 0) is 55.8 Å². The Morgan fingerprint density at radius 2 is 1.71 bits per heavy atom. The minimum Gasteiger partial charge on any atom is -0.378 e. The first-order valence-corrected chi connectivity index (χ1v) is 8.30. The summed E-state index contributed by atoms with van der Waals surface area (Å²) in [4.78, 5) is 14.8. The Balaban J connectivity index is 0.00000132. The van der Waals surface area contributed by atoms with Gasteiger partial charge in [-0.1, -0.05) is 0 Å². The Morgan fingerprint density at radius 1 is 1.10 bits per heavy atom. The van der Waals surface area contributed by atoms with Crippen LogP contribution in [0.1, 0.15) is 32.1 Å². The number of ether oxygens (including phenoxy) is 1. The van der Waals surface area contributed by atoms with Crippen molar-refractivity contribution in [3.63, 3.8) is 0 Å². The van der Waals surface area contributed by atoms with E-state index >= 15 is 0 Å². The predicted molar refractivity (Wildman–Crippen MR) is 83.5 cm³/mol. The van der Waals surface area contributed by atoms with E-state index in [1.807, 2.05) is 7.05 Å². The zero-order valence-electron chi connectivity index (χ0n) is 12.8. The fraction of sp³-hybridized carbons (Fsp3) is 0.938. The molecular formula is C16H27ClN2O2. The van der Waals surface area contributed by atoms with Gasteiger partial charge in [0.1, 0.15) is 6.04 Å². The van der Waals surface area contributed by atoms with E-state index < -0.39 is 0 Å². The molecule has 120 valence electrons. The molecule has 4 aliphatic carbocycles. The third-order valence-corrected chi connectivity index (χ3v) is 6.19. The third kappa shape index (κ3) is 2.71. The molecule has 1 saturated heterocycles. The van der Waals surface area contributed by atoms with Crippen LogP contribution in [0.4, 0.5) is 0 Å². The topological polar surface area (TPSA) is 41.6 Å². The van der Waals surface area contributed by atoms with E-state index in [0.29, 0.717) is 12.6 Å². The summed E-state index contributed by atoms with van der Waals surface area (Å²) in [5.41, 5.74) is 0. The molecule has 5 heteroatoms. The maximum absolute atomic E-state index is 12.7. The molecule has 5 aliphatic rings. The van der Waals surface area contributed by atoms with Gasteiger partial charge >= 0.3 is 0 Å². The normalized spacial score (nSPS) is 44.2. The number of carbonyl (C=O) groups is 1. The monoisotopic (exact) mass is 314 g/mol. The summed E-state index contributed by atoms with van der Waals surface area (Å²) < 4.78 is 5.45. The summed E-state index contributed by atoms with van der Waals surface area (Å²) in [6.45, 7) is 2.06. The molecule has 0 aromatic heterocycles. The molecule has 1 aliphatic heterocycles. The van der Waals surface area contributed by atoms with Crippen molar-refractivity contribution in [3.05, 3.63) is 0 Å². The molecule has 4 bridgehead atoms. The van der Waals surface area contributed by atoms with Crippen LogP contribution in [0, 0.1) is 23.7 Å². The Bertz CT molecular complexity index is 370. The highest BCUT2D eigenvalue weighted by atomic mass is 35.5. The molecule has 1 unspecified atom stereocenters. The molecule has 5 fully saturated rings. The summed E-state index contributed by atoms with van der Waals surface area (Å²) in [5.74, 6) is 3.72. The molecule has 21 heavy (non-hydrogen) atoms. The van der Waals surface area contributed by atoms with Crippen LogP contribution in [0.15, 0.2) is 0 Å². The smallest absolute Gasteiger partial charge is 0.242 e. The van der Waals surface area contributed by atoms with E-state index in [9.17, 15) is 4.79 Å². The predicted octanol–water partition coefficient (Wildman–Crippen LogP) is 1.68. The van der Waals surface area contributed by atoms with Crippen molar-refractivity contribution >= 4 is 18.3 Å². The van der Waals surface area contributed by atoms with Crippen molar-refractivity contribution in [2.45, 2.75) is 44.2 Å². The van der Waals surface area contributed by atoms with E-state index in [2.05, 4.69) is 10.2 Å². The molecule has 0 aromatic carbocycles. The molecule has 0 spiro atoms. The highest BCUT2D eigenvalue weighted by Gasteiger charge is 2.50. The maximum Gasteiger partial charge on any atom is 0.242 e. The highest BCUT2D eigenvalue weighted by molar-refractivity contribution is 5.85. The summed E-state index contributed by atoms with van der Waals surface area (Å²) in [5, 5.41) is 3.31. The molecule has 1 N–H and O–H groups in total. The molecular weight excluding hydrogens is 288 g/mol. The molecule has 1 amide bonds. The molecule has 0 radical (unpaired) electrons. The SMILES string of the molecule is CN(C(=O)C1COCCN1)C1C2CC3CC(C2)CC1C3.Cl. The standard InChI is InChI=1S/C16H26N2O2.ClH/c1-18(16(19)14-9-20-3-2-17-14)15-12-5-10-4-11(7-12)8-13(15)6-10;/h10-15,17H,2-9H2,1H3;1H. The Labute approximate surface area is 133 Å². The third-order valence-electron chi connectivity index (χ3n) is 6.19. The minimum absolute atomic E-state index is 0. The zero-order valence-corrected chi connectivity index (χ0v) is 13.6. The number of rotatable bonds is 2.